The van der Waals surface area contributed by atoms with E-state index < -0.39 is 36.3 Å². The van der Waals surface area contributed by atoms with Crippen LogP contribution < -0.4 is 21.1 Å². The molecule has 0 spiro atoms. The van der Waals surface area contributed by atoms with Gasteiger partial charge in [0.15, 0.2) is 12.9 Å². The molecule has 1 saturated heterocycles. The molecule has 0 bridgehead atoms. The summed E-state index contributed by atoms with van der Waals surface area (Å²) in [5.41, 5.74) is 5.28. The first-order valence-electron chi connectivity index (χ1n) is 14.1. The van der Waals surface area contributed by atoms with Gasteiger partial charge >= 0.3 is 0 Å². The molecule has 1 aromatic rings. The molecule has 4 amide bonds. The summed E-state index contributed by atoms with van der Waals surface area (Å²) in [6.07, 6.45) is 0.732. The van der Waals surface area contributed by atoms with Crippen molar-refractivity contribution in [3.8, 4) is 5.75 Å². The predicted octanol–water partition coefficient (Wildman–Crippen LogP) is -1.09. The highest BCUT2D eigenvalue weighted by Gasteiger charge is 2.34. The molecule has 15 heteroatoms. The highest BCUT2D eigenvalue weighted by atomic mass is 16.6. The number of hydrogen-bond acceptors (Lipinski definition) is 12. The van der Waals surface area contributed by atoms with E-state index in [4.69, 9.17) is 34.2 Å². The molecule has 15 nitrogen and oxygen atoms in total. The minimum absolute atomic E-state index is 0.0155. The van der Waals surface area contributed by atoms with Crippen LogP contribution in [-0.4, -0.2) is 134 Å². The van der Waals surface area contributed by atoms with Gasteiger partial charge < -0.3 is 44.4 Å². The van der Waals surface area contributed by atoms with Gasteiger partial charge in [0.1, 0.15) is 11.8 Å². The van der Waals surface area contributed by atoms with Crippen LogP contribution in [0.1, 0.15) is 33.6 Å². The first-order chi connectivity index (χ1) is 20.9. The molecular weight excluding hydrogens is 568 g/mol. The van der Waals surface area contributed by atoms with Crippen molar-refractivity contribution < 1.29 is 52.4 Å². The molecule has 1 aliphatic rings. The van der Waals surface area contributed by atoms with Crippen LogP contribution in [0, 0.1) is 0 Å². The normalized spacial score (nSPS) is 14.7. The SMILES string of the molecule is CN(C(=O)c1c(C=O)cccc1OCC(=O)NCCOCCOCCOCCOCCOCCN)C1CCC(=O)NC1=O. The highest BCUT2D eigenvalue weighted by Crippen LogP contribution is 2.25. The molecule has 240 valence electrons. The van der Waals surface area contributed by atoms with Crippen LogP contribution >= 0.6 is 0 Å². The van der Waals surface area contributed by atoms with E-state index in [0.29, 0.717) is 72.3 Å². The van der Waals surface area contributed by atoms with Crippen molar-refractivity contribution in [2.45, 2.75) is 18.9 Å². The third-order valence-corrected chi connectivity index (χ3v) is 6.07. The van der Waals surface area contributed by atoms with Crippen molar-refractivity contribution >= 4 is 29.9 Å². The number of nitrogens with zero attached hydrogens (tertiary/aromatic N) is 1. The first kappa shape index (κ1) is 35.7. The number of piperidine rings is 1. The number of carbonyl (C=O) groups is 5. The summed E-state index contributed by atoms with van der Waals surface area (Å²) in [6, 6.07) is 3.51. The topological polar surface area (TPSA) is 194 Å². The van der Waals surface area contributed by atoms with Gasteiger partial charge in [0.05, 0.1) is 71.6 Å². The number of nitrogens with one attached hydrogen (secondary N) is 2. The molecule has 0 saturated carbocycles. The Kier molecular flexibility index (Phi) is 17.7. The van der Waals surface area contributed by atoms with Crippen molar-refractivity contribution in [2.24, 2.45) is 5.73 Å². The van der Waals surface area contributed by atoms with E-state index in [9.17, 15) is 24.0 Å². The fourth-order valence-electron chi connectivity index (χ4n) is 3.89. The lowest BCUT2D eigenvalue weighted by Gasteiger charge is -2.30. The smallest absolute Gasteiger partial charge is 0.258 e. The van der Waals surface area contributed by atoms with Gasteiger partial charge in [-0.05, 0) is 12.5 Å². The molecule has 43 heavy (non-hydrogen) atoms. The van der Waals surface area contributed by atoms with Gasteiger partial charge in [0.25, 0.3) is 11.8 Å². The number of benzene rings is 1. The number of hydrogen-bond donors (Lipinski definition) is 3. The minimum Gasteiger partial charge on any atom is -0.483 e. The summed E-state index contributed by atoms with van der Waals surface area (Å²) < 4.78 is 32.3. The molecule has 1 aromatic carbocycles. The monoisotopic (exact) mass is 610 g/mol. The number of imide groups is 1. The van der Waals surface area contributed by atoms with E-state index in [1.54, 1.807) is 0 Å². The standard InChI is InChI=1S/C28H42N4O11/c1-32(22-5-6-24(34)31-27(22)36)28(37)26-21(19-33)3-2-4-23(26)43-20-25(35)30-8-10-39-12-14-41-16-18-42-17-15-40-13-11-38-9-7-29/h2-4,19,22H,5-18,20,29H2,1H3,(H,30,35)(H,31,34,36). The Bertz CT molecular complexity index is 1040. The van der Waals surface area contributed by atoms with Gasteiger partial charge in [-0.15, -0.1) is 0 Å². The molecule has 1 heterocycles. The molecule has 1 atom stereocenters. The maximum atomic E-state index is 13.2. The van der Waals surface area contributed by atoms with Gasteiger partial charge in [0, 0.05) is 32.1 Å². The van der Waals surface area contributed by atoms with Crippen LogP contribution in [0.5, 0.6) is 5.75 Å². The number of likely N-dealkylation sites (N-methyl/N-ethyl adjacent to an activating group) is 1. The lowest BCUT2D eigenvalue weighted by molar-refractivity contribution is -0.136. The fraction of sp³-hybridized carbons (Fsp3) is 0.607. The Morgan fingerprint density at radius 2 is 1.53 bits per heavy atom. The van der Waals surface area contributed by atoms with Gasteiger partial charge in [0.2, 0.25) is 11.8 Å². The number of aldehydes is 1. The summed E-state index contributed by atoms with van der Waals surface area (Å²) in [5, 5.41) is 4.84. The van der Waals surface area contributed by atoms with Crippen molar-refractivity contribution in [2.75, 3.05) is 92.8 Å². The Morgan fingerprint density at radius 3 is 2.09 bits per heavy atom. The summed E-state index contributed by atoms with van der Waals surface area (Å²) >= 11 is 0. The zero-order chi connectivity index (χ0) is 31.3. The van der Waals surface area contributed by atoms with Crippen molar-refractivity contribution in [3.63, 3.8) is 0 Å². The van der Waals surface area contributed by atoms with E-state index >= 15 is 0 Å². The molecule has 1 fully saturated rings. The van der Waals surface area contributed by atoms with E-state index in [0.717, 1.165) is 4.90 Å². The van der Waals surface area contributed by atoms with Crippen LogP contribution in [0.2, 0.25) is 0 Å². The average molecular weight is 611 g/mol. The molecule has 0 aromatic heterocycles. The second kappa shape index (κ2) is 21.3. The van der Waals surface area contributed by atoms with E-state index in [1.165, 1.54) is 25.2 Å². The molecule has 1 unspecified atom stereocenters. The molecule has 1 aliphatic heterocycles. The quantitative estimate of drug-likeness (QED) is 0.0771. The number of ether oxygens (including phenoxy) is 6. The Morgan fingerprint density at radius 1 is 0.953 bits per heavy atom. The number of amides is 4. The molecule has 0 radical (unpaired) electrons. The number of carbonyl (C=O) groups excluding carboxylic acids is 5. The maximum Gasteiger partial charge on any atom is 0.258 e. The lowest BCUT2D eigenvalue weighted by Crippen LogP contribution is -2.53. The lowest BCUT2D eigenvalue weighted by atomic mass is 10.0. The first-order valence-corrected chi connectivity index (χ1v) is 14.1. The molecular formula is C28H42N4O11. The summed E-state index contributed by atoms with van der Waals surface area (Å²) in [4.78, 5) is 62.0. The summed E-state index contributed by atoms with van der Waals surface area (Å²) in [5.74, 6) is -2.10. The molecule has 0 aliphatic carbocycles. The van der Waals surface area contributed by atoms with Gasteiger partial charge in [-0.25, -0.2) is 0 Å². The van der Waals surface area contributed by atoms with Gasteiger partial charge in [-0.3, -0.25) is 29.3 Å². The van der Waals surface area contributed by atoms with Crippen LogP contribution in [0.15, 0.2) is 18.2 Å². The predicted molar refractivity (Wildman–Crippen MR) is 152 cm³/mol. The van der Waals surface area contributed by atoms with Crippen LogP contribution in [0.25, 0.3) is 0 Å². The minimum atomic E-state index is -0.886. The van der Waals surface area contributed by atoms with Crippen LogP contribution in [0.4, 0.5) is 0 Å². The Hall–Kier alpha value is -3.47. The fourth-order valence-corrected chi connectivity index (χ4v) is 3.89. The second-order valence-corrected chi connectivity index (χ2v) is 9.21. The zero-order valence-electron chi connectivity index (χ0n) is 24.5. The Balaban J connectivity index is 1.60. The van der Waals surface area contributed by atoms with Crippen LogP contribution in [0.3, 0.4) is 0 Å². The average Bonchev–Trinajstić information content (AvgIpc) is 3.00. The molecule has 2 rings (SSSR count). The van der Waals surface area contributed by atoms with Crippen molar-refractivity contribution in [3.05, 3.63) is 29.3 Å². The molecule has 4 N–H and O–H groups in total. The third-order valence-electron chi connectivity index (χ3n) is 6.07. The van der Waals surface area contributed by atoms with E-state index in [1.807, 2.05) is 0 Å². The van der Waals surface area contributed by atoms with Crippen molar-refractivity contribution in [1.29, 1.82) is 0 Å². The van der Waals surface area contributed by atoms with Gasteiger partial charge in [-0.1, -0.05) is 12.1 Å². The van der Waals surface area contributed by atoms with E-state index in [2.05, 4.69) is 10.6 Å². The maximum absolute atomic E-state index is 13.2. The highest BCUT2D eigenvalue weighted by molar-refractivity contribution is 6.07. The Labute approximate surface area is 250 Å². The third kappa shape index (κ3) is 13.6. The van der Waals surface area contributed by atoms with Crippen LogP contribution in [-0.2, 0) is 38.1 Å². The zero-order valence-corrected chi connectivity index (χ0v) is 24.5. The largest absolute Gasteiger partial charge is 0.483 e. The second-order valence-electron chi connectivity index (χ2n) is 9.21. The van der Waals surface area contributed by atoms with Gasteiger partial charge in [-0.2, -0.15) is 0 Å². The number of rotatable bonds is 23. The van der Waals surface area contributed by atoms with E-state index in [-0.39, 0.29) is 42.9 Å². The number of nitrogens with two attached hydrogens (primary N) is 1. The van der Waals surface area contributed by atoms with Crippen molar-refractivity contribution in [1.82, 2.24) is 15.5 Å². The summed E-state index contributed by atoms with van der Waals surface area (Å²) in [6.45, 7) is 4.54. The summed E-state index contributed by atoms with van der Waals surface area (Å²) in [7, 11) is 1.40.